The van der Waals surface area contributed by atoms with Gasteiger partial charge in [-0.15, -0.1) is 0 Å². The SMILES string of the molecule is CCCCCCCCCCCCCCCCCCCCCCCCCCCCCCCC(O)C(O)C(CO)NC(=O)C(O)CCCCCCCCCCCCCCC. The quantitative estimate of drug-likeness (QED) is 0.0393. The molecule has 1 amide bonds. The molecule has 0 aromatic rings. The van der Waals surface area contributed by atoms with Gasteiger partial charge in [0.2, 0.25) is 5.91 Å². The van der Waals surface area contributed by atoms with Crippen molar-refractivity contribution in [3.63, 3.8) is 0 Å². The molecule has 58 heavy (non-hydrogen) atoms. The third kappa shape index (κ3) is 40.7. The first-order valence-corrected chi connectivity index (χ1v) is 26.4. The number of amides is 1. The number of nitrogens with one attached hydrogen (secondary N) is 1. The van der Waals surface area contributed by atoms with Crippen molar-refractivity contribution in [3.05, 3.63) is 0 Å². The number of unbranched alkanes of at least 4 members (excludes halogenated alkanes) is 40. The van der Waals surface area contributed by atoms with Gasteiger partial charge in [-0.25, -0.2) is 0 Å². The minimum absolute atomic E-state index is 0.375. The lowest BCUT2D eigenvalue weighted by atomic mass is 9.99. The largest absolute Gasteiger partial charge is 0.394 e. The maximum Gasteiger partial charge on any atom is 0.249 e. The smallest absolute Gasteiger partial charge is 0.249 e. The van der Waals surface area contributed by atoms with Gasteiger partial charge in [0.25, 0.3) is 0 Å². The van der Waals surface area contributed by atoms with Crippen LogP contribution >= 0.6 is 0 Å². The van der Waals surface area contributed by atoms with Gasteiger partial charge in [0.1, 0.15) is 12.2 Å². The second kappa shape index (κ2) is 47.4. The Labute approximate surface area is 362 Å². The van der Waals surface area contributed by atoms with E-state index in [1.165, 1.54) is 231 Å². The van der Waals surface area contributed by atoms with E-state index in [9.17, 15) is 25.2 Å². The molecule has 0 bridgehead atoms. The molecule has 348 valence electrons. The lowest BCUT2D eigenvalue weighted by molar-refractivity contribution is -0.132. The molecule has 4 atom stereocenters. The lowest BCUT2D eigenvalue weighted by Crippen LogP contribution is -2.53. The van der Waals surface area contributed by atoms with E-state index in [0.717, 1.165) is 38.5 Å². The van der Waals surface area contributed by atoms with E-state index in [4.69, 9.17) is 0 Å². The van der Waals surface area contributed by atoms with E-state index in [1.807, 2.05) is 0 Å². The molecule has 5 N–H and O–H groups in total. The average Bonchev–Trinajstić information content (AvgIpc) is 3.23. The van der Waals surface area contributed by atoms with Crippen molar-refractivity contribution in [2.75, 3.05) is 6.61 Å². The van der Waals surface area contributed by atoms with Crippen molar-refractivity contribution in [1.29, 1.82) is 0 Å². The standard InChI is InChI=1S/C52H105NO5/c1-3-5-7-9-11-13-15-17-18-19-20-21-22-23-24-25-26-27-28-29-30-31-32-34-35-37-39-41-43-45-49(55)51(57)48(47-54)53-52(58)50(56)46-44-42-40-38-36-33-16-14-12-10-8-6-4-2/h48-51,54-57H,3-47H2,1-2H3,(H,53,58). The third-order valence-electron chi connectivity index (χ3n) is 12.8. The van der Waals surface area contributed by atoms with Gasteiger partial charge in [0.15, 0.2) is 0 Å². The highest BCUT2D eigenvalue weighted by Crippen LogP contribution is 2.18. The lowest BCUT2D eigenvalue weighted by Gasteiger charge is -2.27. The summed E-state index contributed by atoms with van der Waals surface area (Å²) in [7, 11) is 0. The van der Waals surface area contributed by atoms with Crippen LogP contribution in [0.3, 0.4) is 0 Å². The van der Waals surface area contributed by atoms with Crippen molar-refractivity contribution in [3.8, 4) is 0 Å². The van der Waals surface area contributed by atoms with Crippen LogP contribution in [0.1, 0.15) is 296 Å². The van der Waals surface area contributed by atoms with Crippen LogP contribution in [0.5, 0.6) is 0 Å². The molecule has 0 saturated heterocycles. The second-order valence-electron chi connectivity index (χ2n) is 18.6. The average molecular weight is 824 g/mol. The van der Waals surface area contributed by atoms with Crippen molar-refractivity contribution in [2.45, 2.75) is 321 Å². The van der Waals surface area contributed by atoms with E-state index < -0.39 is 36.9 Å². The molecule has 6 nitrogen and oxygen atoms in total. The monoisotopic (exact) mass is 824 g/mol. The van der Waals surface area contributed by atoms with Gasteiger partial charge >= 0.3 is 0 Å². The molecule has 0 spiro atoms. The molecular weight excluding hydrogens is 719 g/mol. The van der Waals surface area contributed by atoms with Gasteiger partial charge in [-0.1, -0.05) is 284 Å². The highest BCUT2D eigenvalue weighted by Gasteiger charge is 2.28. The van der Waals surface area contributed by atoms with Gasteiger partial charge < -0.3 is 25.7 Å². The van der Waals surface area contributed by atoms with Gasteiger partial charge in [-0.05, 0) is 12.8 Å². The zero-order valence-corrected chi connectivity index (χ0v) is 39.3. The molecule has 0 aliphatic rings. The molecule has 0 aromatic heterocycles. The molecule has 0 heterocycles. The van der Waals surface area contributed by atoms with Gasteiger partial charge in [0, 0.05) is 0 Å². The first-order valence-electron chi connectivity index (χ1n) is 26.4. The van der Waals surface area contributed by atoms with Crippen molar-refractivity contribution >= 4 is 5.91 Å². The van der Waals surface area contributed by atoms with Crippen LogP contribution < -0.4 is 5.32 Å². The van der Waals surface area contributed by atoms with E-state index >= 15 is 0 Å². The van der Waals surface area contributed by atoms with Crippen molar-refractivity contribution < 1.29 is 25.2 Å². The Hall–Kier alpha value is -0.690. The van der Waals surface area contributed by atoms with Crippen LogP contribution in [-0.4, -0.2) is 57.3 Å². The van der Waals surface area contributed by atoms with E-state index in [1.54, 1.807) is 0 Å². The van der Waals surface area contributed by atoms with Crippen LogP contribution in [0.15, 0.2) is 0 Å². The van der Waals surface area contributed by atoms with Crippen molar-refractivity contribution in [2.24, 2.45) is 0 Å². The first kappa shape index (κ1) is 57.3. The van der Waals surface area contributed by atoms with Crippen LogP contribution in [0.2, 0.25) is 0 Å². The topological polar surface area (TPSA) is 110 Å². The molecule has 0 saturated carbocycles. The molecule has 4 unspecified atom stereocenters. The minimum Gasteiger partial charge on any atom is -0.394 e. The number of hydrogen-bond acceptors (Lipinski definition) is 5. The fourth-order valence-corrected chi connectivity index (χ4v) is 8.64. The number of rotatable bonds is 49. The van der Waals surface area contributed by atoms with Gasteiger partial charge in [-0.3, -0.25) is 4.79 Å². The zero-order valence-electron chi connectivity index (χ0n) is 39.3. The van der Waals surface area contributed by atoms with E-state index in [2.05, 4.69) is 19.2 Å². The number of carbonyl (C=O) groups is 1. The normalized spacial score (nSPS) is 13.8. The molecule has 0 radical (unpaired) electrons. The summed E-state index contributed by atoms with van der Waals surface area (Å²) in [6.07, 6.45) is 53.1. The second-order valence-corrected chi connectivity index (χ2v) is 18.6. The van der Waals surface area contributed by atoms with Crippen LogP contribution in [-0.2, 0) is 4.79 Å². The minimum atomic E-state index is -1.25. The summed E-state index contributed by atoms with van der Waals surface area (Å²) < 4.78 is 0. The summed E-state index contributed by atoms with van der Waals surface area (Å²) in [4.78, 5) is 12.5. The zero-order chi connectivity index (χ0) is 42.4. The molecule has 0 fully saturated rings. The fourth-order valence-electron chi connectivity index (χ4n) is 8.64. The Kier molecular flexibility index (Phi) is 46.8. The van der Waals surface area contributed by atoms with Crippen LogP contribution in [0.4, 0.5) is 0 Å². The Balaban J connectivity index is 3.55. The molecule has 0 aliphatic heterocycles. The van der Waals surface area contributed by atoms with Crippen molar-refractivity contribution in [1.82, 2.24) is 5.32 Å². The van der Waals surface area contributed by atoms with Crippen LogP contribution in [0, 0.1) is 0 Å². The number of carbonyl (C=O) groups excluding carboxylic acids is 1. The van der Waals surface area contributed by atoms with E-state index in [-0.39, 0.29) is 0 Å². The molecule has 6 heteroatoms. The molecule has 0 aromatic carbocycles. The maximum absolute atomic E-state index is 12.5. The summed E-state index contributed by atoms with van der Waals surface area (Å²) in [5.74, 6) is -0.579. The summed E-state index contributed by atoms with van der Waals surface area (Å²) in [6.45, 7) is 4.08. The first-order chi connectivity index (χ1) is 28.5. The third-order valence-corrected chi connectivity index (χ3v) is 12.8. The summed E-state index contributed by atoms with van der Waals surface area (Å²) in [6, 6.07) is -0.979. The molecule has 0 aliphatic carbocycles. The summed E-state index contributed by atoms with van der Waals surface area (Å²) in [5, 5.41) is 43.8. The summed E-state index contributed by atoms with van der Waals surface area (Å²) >= 11 is 0. The molecule has 0 rings (SSSR count). The van der Waals surface area contributed by atoms with Gasteiger partial charge in [0.05, 0.1) is 18.8 Å². The predicted octanol–water partition coefficient (Wildman–Crippen LogP) is 14.8. The van der Waals surface area contributed by atoms with Crippen LogP contribution in [0.25, 0.3) is 0 Å². The highest BCUT2D eigenvalue weighted by molar-refractivity contribution is 5.80. The number of hydrogen-bond donors (Lipinski definition) is 5. The predicted molar refractivity (Wildman–Crippen MR) is 252 cm³/mol. The van der Waals surface area contributed by atoms with Gasteiger partial charge in [-0.2, -0.15) is 0 Å². The van der Waals surface area contributed by atoms with E-state index in [0.29, 0.717) is 12.8 Å². The Morgan fingerprint density at radius 1 is 0.362 bits per heavy atom. The number of aliphatic hydroxyl groups excluding tert-OH is 4. The highest BCUT2D eigenvalue weighted by atomic mass is 16.3. The summed E-state index contributed by atoms with van der Waals surface area (Å²) in [5.41, 5.74) is 0. The molecular formula is C52H105NO5. The Morgan fingerprint density at radius 2 is 0.586 bits per heavy atom. The Morgan fingerprint density at radius 3 is 0.828 bits per heavy atom. The number of aliphatic hydroxyl groups is 4. The maximum atomic E-state index is 12.5. The Bertz CT molecular complexity index is 796. The fraction of sp³-hybridized carbons (Fsp3) is 0.981.